The molecule has 0 aromatic heterocycles. The third kappa shape index (κ3) is 4.37. The maximum Gasteiger partial charge on any atom is 0.322 e. The van der Waals surface area contributed by atoms with Crippen LogP contribution in [-0.2, 0) is 19.4 Å². The molecule has 0 aliphatic heterocycles. The molecular formula is C21H18O4S. The Morgan fingerprint density at radius 3 is 1.62 bits per heavy atom. The van der Waals surface area contributed by atoms with E-state index in [2.05, 4.69) is 0 Å². The van der Waals surface area contributed by atoms with Crippen LogP contribution in [0.5, 0.6) is 0 Å². The van der Waals surface area contributed by atoms with Crippen molar-refractivity contribution in [2.45, 2.75) is 11.0 Å². The monoisotopic (exact) mass is 366 g/mol. The molecule has 0 spiro atoms. The lowest BCUT2D eigenvalue weighted by Crippen LogP contribution is -2.21. The number of ether oxygens (including phenoxy) is 1. The third-order valence-electron chi connectivity index (χ3n) is 3.86. The van der Waals surface area contributed by atoms with E-state index in [1.165, 1.54) is 12.1 Å². The molecule has 4 nitrogen and oxygen atoms in total. The predicted octanol–water partition coefficient (Wildman–Crippen LogP) is 3.79. The lowest BCUT2D eigenvalue weighted by molar-refractivity contribution is -0.144. The van der Waals surface area contributed by atoms with Crippen LogP contribution >= 0.6 is 0 Å². The summed E-state index contributed by atoms with van der Waals surface area (Å²) in [5, 5.41) is 0. The van der Waals surface area contributed by atoms with Crippen molar-refractivity contribution in [1.29, 1.82) is 0 Å². The van der Waals surface area contributed by atoms with Gasteiger partial charge in [0.05, 0.1) is 4.90 Å². The minimum atomic E-state index is -3.74. The van der Waals surface area contributed by atoms with E-state index >= 15 is 0 Å². The molecule has 0 fully saturated rings. The molecule has 0 saturated heterocycles. The van der Waals surface area contributed by atoms with Gasteiger partial charge in [-0.05, 0) is 23.3 Å². The van der Waals surface area contributed by atoms with Crippen molar-refractivity contribution in [2.75, 3.05) is 5.75 Å². The van der Waals surface area contributed by atoms with Crippen LogP contribution in [0.25, 0.3) is 0 Å². The van der Waals surface area contributed by atoms with Crippen molar-refractivity contribution in [2.24, 2.45) is 0 Å². The number of carbonyl (C=O) groups excluding carboxylic acids is 1. The second-order valence-electron chi connectivity index (χ2n) is 5.76. The first-order chi connectivity index (χ1) is 12.6. The molecule has 0 heterocycles. The molecule has 5 heteroatoms. The molecule has 0 saturated carbocycles. The number of hydrogen-bond acceptors (Lipinski definition) is 4. The molecule has 26 heavy (non-hydrogen) atoms. The zero-order chi connectivity index (χ0) is 18.4. The van der Waals surface area contributed by atoms with Crippen molar-refractivity contribution in [3.63, 3.8) is 0 Å². The molecule has 0 aliphatic rings. The Kier molecular flexibility index (Phi) is 5.49. The molecule has 3 aromatic rings. The SMILES string of the molecule is O=C(CS(=O)(=O)c1ccccc1)OC(c1ccccc1)c1ccccc1. The highest BCUT2D eigenvalue weighted by Gasteiger charge is 2.24. The van der Waals surface area contributed by atoms with Gasteiger partial charge < -0.3 is 4.74 Å². The first-order valence-corrected chi connectivity index (χ1v) is 9.79. The number of carbonyl (C=O) groups is 1. The molecule has 0 N–H and O–H groups in total. The second-order valence-corrected chi connectivity index (χ2v) is 7.75. The van der Waals surface area contributed by atoms with E-state index in [0.717, 1.165) is 11.1 Å². The summed E-state index contributed by atoms with van der Waals surface area (Å²) in [5.74, 6) is -1.49. The van der Waals surface area contributed by atoms with Crippen molar-refractivity contribution >= 4 is 15.8 Å². The number of esters is 1. The summed E-state index contributed by atoms with van der Waals surface area (Å²) in [6.45, 7) is 0. The molecular weight excluding hydrogens is 348 g/mol. The Balaban J connectivity index is 1.82. The Labute approximate surface area is 153 Å². The lowest BCUT2D eigenvalue weighted by Gasteiger charge is -2.19. The Morgan fingerprint density at radius 2 is 1.15 bits per heavy atom. The van der Waals surface area contributed by atoms with Crippen LogP contribution in [0.3, 0.4) is 0 Å². The van der Waals surface area contributed by atoms with Crippen molar-refractivity contribution < 1.29 is 17.9 Å². The van der Waals surface area contributed by atoms with Crippen molar-refractivity contribution in [3.05, 3.63) is 102 Å². The highest BCUT2D eigenvalue weighted by atomic mass is 32.2. The smallest absolute Gasteiger partial charge is 0.322 e. The number of hydrogen-bond donors (Lipinski definition) is 0. The first kappa shape index (κ1) is 17.9. The maximum absolute atomic E-state index is 12.4. The number of benzene rings is 3. The maximum atomic E-state index is 12.4. The molecule has 0 atom stereocenters. The number of sulfone groups is 1. The van der Waals surface area contributed by atoms with Gasteiger partial charge in [-0.2, -0.15) is 0 Å². The Bertz CT molecular complexity index is 913. The number of rotatable bonds is 6. The Hall–Kier alpha value is -2.92. The fraction of sp³-hybridized carbons (Fsp3) is 0.0952. The van der Waals surface area contributed by atoms with Gasteiger partial charge in [0, 0.05) is 0 Å². The summed E-state index contributed by atoms with van der Waals surface area (Å²) < 4.78 is 30.4. The summed E-state index contributed by atoms with van der Waals surface area (Å²) in [4.78, 5) is 12.5. The largest absolute Gasteiger partial charge is 0.452 e. The fourth-order valence-electron chi connectivity index (χ4n) is 2.62. The van der Waals surface area contributed by atoms with E-state index in [9.17, 15) is 13.2 Å². The van der Waals surface area contributed by atoms with Gasteiger partial charge in [0.15, 0.2) is 21.7 Å². The van der Waals surface area contributed by atoms with Crippen molar-refractivity contribution in [1.82, 2.24) is 0 Å². The standard InChI is InChI=1S/C21H18O4S/c22-20(16-26(23,24)19-14-8-3-9-15-19)25-21(17-10-4-1-5-11-17)18-12-6-2-7-13-18/h1-15,21H,16H2. The van der Waals surface area contributed by atoms with Gasteiger partial charge in [-0.25, -0.2) is 8.42 Å². The Morgan fingerprint density at radius 1 is 0.731 bits per heavy atom. The minimum Gasteiger partial charge on any atom is -0.452 e. The predicted molar refractivity (Wildman–Crippen MR) is 99.3 cm³/mol. The molecule has 0 radical (unpaired) electrons. The van der Waals surface area contributed by atoms with Gasteiger partial charge in [0.1, 0.15) is 0 Å². The first-order valence-electron chi connectivity index (χ1n) is 8.13. The minimum absolute atomic E-state index is 0.105. The summed E-state index contributed by atoms with van der Waals surface area (Å²) in [6.07, 6.45) is -0.657. The summed E-state index contributed by atoms with van der Waals surface area (Å²) in [5.41, 5.74) is 1.56. The van der Waals surface area contributed by atoms with Gasteiger partial charge in [0.2, 0.25) is 0 Å². The summed E-state index contributed by atoms with van der Waals surface area (Å²) in [7, 11) is -3.74. The van der Waals surface area contributed by atoms with E-state index < -0.39 is 27.7 Å². The van der Waals surface area contributed by atoms with Crippen LogP contribution in [0.15, 0.2) is 95.9 Å². The molecule has 3 aromatic carbocycles. The molecule has 0 unspecified atom stereocenters. The zero-order valence-corrected chi connectivity index (χ0v) is 14.8. The highest BCUT2D eigenvalue weighted by molar-refractivity contribution is 7.92. The van der Waals surface area contributed by atoms with Gasteiger partial charge in [-0.3, -0.25) is 4.79 Å². The normalized spacial score (nSPS) is 11.3. The second kappa shape index (κ2) is 7.97. The van der Waals surface area contributed by atoms with E-state index in [1.54, 1.807) is 18.2 Å². The molecule has 0 bridgehead atoms. The van der Waals surface area contributed by atoms with Crippen LogP contribution < -0.4 is 0 Å². The van der Waals surface area contributed by atoms with Gasteiger partial charge in [-0.1, -0.05) is 78.9 Å². The van der Waals surface area contributed by atoms with Crippen LogP contribution in [0.2, 0.25) is 0 Å². The average molecular weight is 366 g/mol. The lowest BCUT2D eigenvalue weighted by atomic mass is 10.0. The third-order valence-corrected chi connectivity index (χ3v) is 5.47. The molecule has 0 amide bonds. The van der Waals surface area contributed by atoms with Gasteiger partial charge in [-0.15, -0.1) is 0 Å². The zero-order valence-electron chi connectivity index (χ0n) is 14.0. The van der Waals surface area contributed by atoms with E-state index in [4.69, 9.17) is 4.74 Å². The fourth-order valence-corrected chi connectivity index (χ4v) is 3.73. The quantitative estimate of drug-likeness (QED) is 0.623. The molecule has 0 aliphatic carbocycles. The van der Waals surface area contributed by atoms with Crippen LogP contribution in [0, 0.1) is 0 Å². The average Bonchev–Trinajstić information content (AvgIpc) is 2.68. The van der Waals surface area contributed by atoms with E-state index in [0.29, 0.717) is 0 Å². The molecule has 132 valence electrons. The van der Waals surface area contributed by atoms with Crippen molar-refractivity contribution in [3.8, 4) is 0 Å². The van der Waals surface area contributed by atoms with Gasteiger partial charge in [0.25, 0.3) is 0 Å². The highest BCUT2D eigenvalue weighted by Crippen LogP contribution is 2.26. The van der Waals surface area contributed by atoms with E-state index in [-0.39, 0.29) is 4.90 Å². The van der Waals surface area contributed by atoms with Crippen LogP contribution in [-0.4, -0.2) is 20.1 Å². The van der Waals surface area contributed by atoms with Crippen LogP contribution in [0.4, 0.5) is 0 Å². The summed E-state index contributed by atoms with van der Waals surface area (Å²) in [6, 6.07) is 26.4. The summed E-state index contributed by atoms with van der Waals surface area (Å²) >= 11 is 0. The topological polar surface area (TPSA) is 60.4 Å². The molecule has 3 rings (SSSR count). The van der Waals surface area contributed by atoms with E-state index in [1.807, 2.05) is 60.7 Å². The van der Waals surface area contributed by atoms with Gasteiger partial charge >= 0.3 is 5.97 Å². The van der Waals surface area contributed by atoms with Crippen LogP contribution in [0.1, 0.15) is 17.2 Å².